The van der Waals surface area contributed by atoms with Gasteiger partial charge in [-0.1, -0.05) is 6.07 Å². The Hall–Kier alpha value is -1.05. The van der Waals surface area contributed by atoms with E-state index in [-0.39, 0.29) is 5.82 Å². The lowest BCUT2D eigenvalue weighted by Crippen LogP contribution is -1.92. The average Bonchev–Trinajstić information content (AvgIpc) is 1.84. The van der Waals surface area contributed by atoms with Crippen LogP contribution >= 0.6 is 0 Å². The van der Waals surface area contributed by atoms with Crippen molar-refractivity contribution in [2.24, 2.45) is 0 Å². The van der Waals surface area contributed by atoms with E-state index in [2.05, 4.69) is 0 Å². The first kappa shape index (κ1) is 7.06. The largest absolute Gasteiger partial charge is 0.398 e. The van der Waals surface area contributed by atoms with Crippen molar-refractivity contribution in [3.63, 3.8) is 0 Å². The first-order chi connectivity index (χ1) is 4.61. The standard InChI is InChI=1S/C8H10FN/c1-5-3-6(2)8(10)4-7(5)9/h3-4H,10H2,1-2H3. The SMILES string of the molecule is Cc1cc(C)c(F)cc1N. The summed E-state index contributed by atoms with van der Waals surface area (Å²) in [7, 11) is 0. The van der Waals surface area contributed by atoms with E-state index in [1.165, 1.54) is 6.07 Å². The van der Waals surface area contributed by atoms with Crippen LogP contribution in [0.2, 0.25) is 0 Å². The zero-order valence-corrected chi connectivity index (χ0v) is 6.11. The second-order valence-electron chi connectivity index (χ2n) is 2.46. The van der Waals surface area contributed by atoms with Crippen LogP contribution in [0, 0.1) is 19.7 Å². The molecule has 1 aromatic carbocycles. The van der Waals surface area contributed by atoms with Crippen molar-refractivity contribution in [3.8, 4) is 0 Å². The molecule has 0 fully saturated rings. The number of anilines is 1. The summed E-state index contributed by atoms with van der Waals surface area (Å²) in [6, 6.07) is 3.09. The molecule has 0 aromatic heterocycles. The zero-order valence-electron chi connectivity index (χ0n) is 6.11. The van der Waals surface area contributed by atoms with Crippen LogP contribution in [-0.2, 0) is 0 Å². The summed E-state index contributed by atoms with van der Waals surface area (Å²) in [4.78, 5) is 0. The lowest BCUT2D eigenvalue weighted by atomic mass is 10.1. The molecular formula is C8H10FN. The van der Waals surface area contributed by atoms with Crippen LogP contribution in [0.1, 0.15) is 11.1 Å². The third-order valence-corrected chi connectivity index (χ3v) is 1.55. The Morgan fingerprint density at radius 2 is 1.80 bits per heavy atom. The fraction of sp³-hybridized carbons (Fsp3) is 0.250. The summed E-state index contributed by atoms with van der Waals surface area (Å²) in [5.74, 6) is -0.233. The minimum Gasteiger partial charge on any atom is -0.398 e. The highest BCUT2D eigenvalue weighted by atomic mass is 19.1. The summed E-state index contributed by atoms with van der Waals surface area (Å²) in [6.07, 6.45) is 0. The van der Waals surface area contributed by atoms with Crippen molar-refractivity contribution in [2.45, 2.75) is 13.8 Å². The number of halogens is 1. The predicted octanol–water partition coefficient (Wildman–Crippen LogP) is 2.02. The van der Waals surface area contributed by atoms with Gasteiger partial charge in [0.05, 0.1) is 0 Å². The number of benzene rings is 1. The van der Waals surface area contributed by atoms with E-state index in [1.807, 2.05) is 6.92 Å². The highest BCUT2D eigenvalue weighted by molar-refractivity contribution is 5.47. The molecule has 1 nitrogen and oxygen atoms in total. The molecular weight excluding hydrogens is 129 g/mol. The number of hydrogen-bond donors (Lipinski definition) is 1. The molecule has 0 atom stereocenters. The molecule has 0 spiro atoms. The molecule has 0 unspecified atom stereocenters. The molecule has 0 heterocycles. The molecule has 1 aromatic rings. The third-order valence-electron chi connectivity index (χ3n) is 1.55. The molecule has 0 saturated heterocycles. The van der Waals surface area contributed by atoms with E-state index in [4.69, 9.17) is 5.73 Å². The van der Waals surface area contributed by atoms with Crippen molar-refractivity contribution in [1.82, 2.24) is 0 Å². The van der Waals surface area contributed by atoms with Crippen LogP contribution in [0.5, 0.6) is 0 Å². The maximum Gasteiger partial charge on any atom is 0.128 e. The van der Waals surface area contributed by atoms with Crippen molar-refractivity contribution in [2.75, 3.05) is 5.73 Å². The summed E-state index contributed by atoms with van der Waals surface area (Å²) in [5, 5.41) is 0. The maximum absolute atomic E-state index is 12.7. The van der Waals surface area contributed by atoms with Gasteiger partial charge >= 0.3 is 0 Å². The molecule has 0 amide bonds. The highest BCUT2D eigenvalue weighted by Gasteiger charge is 1.99. The van der Waals surface area contributed by atoms with Crippen LogP contribution in [0.3, 0.4) is 0 Å². The van der Waals surface area contributed by atoms with Crippen molar-refractivity contribution in [1.29, 1.82) is 0 Å². The number of hydrogen-bond acceptors (Lipinski definition) is 1. The first-order valence-corrected chi connectivity index (χ1v) is 3.13. The molecule has 0 saturated carbocycles. The van der Waals surface area contributed by atoms with E-state index in [0.717, 1.165) is 5.56 Å². The van der Waals surface area contributed by atoms with Crippen molar-refractivity contribution < 1.29 is 4.39 Å². The van der Waals surface area contributed by atoms with Gasteiger partial charge in [0.1, 0.15) is 5.82 Å². The summed E-state index contributed by atoms with van der Waals surface area (Å²) < 4.78 is 12.7. The lowest BCUT2D eigenvalue weighted by molar-refractivity contribution is 0.619. The number of rotatable bonds is 0. The van der Waals surface area contributed by atoms with E-state index in [9.17, 15) is 4.39 Å². The fourth-order valence-corrected chi connectivity index (χ4v) is 0.841. The van der Waals surface area contributed by atoms with Gasteiger partial charge in [-0.15, -0.1) is 0 Å². The van der Waals surface area contributed by atoms with E-state index < -0.39 is 0 Å². The van der Waals surface area contributed by atoms with E-state index in [0.29, 0.717) is 11.3 Å². The van der Waals surface area contributed by atoms with Crippen LogP contribution in [0.4, 0.5) is 10.1 Å². The average molecular weight is 139 g/mol. The lowest BCUT2D eigenvalue weighted by Gasteiger charge is -2.01. The van der Waals surface area contributed by atoms with Crippen molar-refractivity contribution >= 4 is 5.69 Å². The van der Waals surface area contributed by atoms with Gasteiger partial charge in [0.25, 0.3) is 0 Å². The van der Waals surface area contributed by atoms with Gasteiger partial charge in [0.15, 0.2) is 0 Å². The number of nitrogen functional groups attached to an aromatic ring is 1. The van der Waals surface area contributed by atoms with Gasteiger partial charge in [-0.3, -0.25) is 0 Å². The normalized spacial score (nSPS) is 9.90. The van der Waals surface area contributed by atoms with Gasteiger partial charge in [0.2, 0.25) is 0 Å². The van der Waals surface area contributed by atoms with E-state index in [1.54, 1.807) is 13.0 Å². The molecule has 2 heteroatoms. The van der Waals surface area contributed by atoms with E-state index >= 15 is 0 Å². The topological polar surface area (TPSA) is 26.0 Å². The molecule has 1 rings (SSSR count). The Kier molecular flexibility index (Phi) is 1.62. The molecule has 2 N–H and O–H groups in total. The molecule has 0 bridgehead atoms. The molecule has 54 valence electrons. The van der Waals surface area contributed by atoms with Gasteiger partial charge < -0.3 is 5.73 Å². The molecule has 0 aliphatic carbocycles. The Balaban J connectivity index is 3.28. The second-order valence-corrected chi connectivity index (χ2v) is 2.46. The summed E-state index contributed by atoms with van der Waals surface area (Å²) >= 11 is 0. The maximum atomic E-state index is 12.7. The van der Waals surface area contributed by atoms with Gasteiger partial charge in [-0.25, -0.2) is 4.39 Å². The van der Waals surface area contributed by atoms with Gasteiger partial charge in [0, 0.05) is 5.69 Å². The van der Waals surface area contributed by atoms with Crippen LogP contribution in [0.25, 0.3) is 0 Å². The van der Waals surface area contributed by atoms with Crippen LogP contribution in [-0.4, -0.2) is 0 Å². The quantitative estimate of drug-likeness (QED) is 0.547. The Morgan fingerprint density at radius 3 is 2.30 bits per heavy atom. The van der Waals surface area contributed by atoms with Crippen LogP contribution < -0.4 is 5.73 Å². The molecule has 0 aliphatic heterocycles. The minimum atomic E-state index is -0.233. The molecule has 0 aliphatic rings. The fourth-order valence-electron chi connectivity index (χ4n) is 0.841. The number of aryl methyl sites for hydroxylation is 2. The summed E-state index contributed by atoms with van der Waals surface area (Å²) in [5.41, 5.74) is 7.54. The molecule has 10 heavy (non-hydrogen) atoms. The minimum absolute atomic E-state index is 0.233. The molecule has 0 radical (unpaired) electrons. The van der Waals surface area contributed by atoms with Crippen LogP contribution in [0.15, 0.2) is 12.1 Å². The predicted molar refractivity (Wildman–Crippen MR) is 40.3 cm³/mol. The second kappa shape index (κ2) is 2.29. The Morgan fingerprint density at radius 1 is 1.20 bits per heavy atom. The number of nitrogens with two attached hydrogens (primary N) is 1. The zero-order chi connectivity index (χ0) is 7.72. The Bertz CT molecular complexity index is 205. The van der Waals surface area contributed by atoms with Crippen molar-refractivity contribution in [3.05, 3.63) is 29.1 Å². The highest BCUT2D eigenvalue weighted by Crippen LogP contribution is 2.15. The van der Waals surface area contributed by atoms with Gasteiger partial charge in [-0.05, 0) is 31.0 Å². The summed E-state index contributed by atoms with van der Waals surface area (Å²) in [6.45, 7) is 3.59. The third kappa shape index (κ3) is 1.10. The monoisotopic (exact) mass is 139 g/mol. The smallest absolute Gasteiger partial charge is 0.128 e. The Labute approximate surface area is 59.7 Å². The van der Waals surface area contributed by atoms with Gasteiger partial charge in [-0.2, -0.15) is 0 Å². The first-order valence-electron chi connectivity index (χ1n) is 3.13.